The number of hydrogen-bond donors (Lipinski definition) is 2. The number of carbonyl (C=O) groups excluding carboxylic acids is 1. The Morgan fingerprint density at radius 3 is 2.60 bits per heavy atom. The summed E-state index contributed by atoms with van der Waals surface area (Å²) in [6.45, 7) is 4.50. The zero-order chi connectivity index (χ0) is 27.6. The molecule has 3 aromatic carbocycles. The van der Waals surface area contributed by atoms with Gasteiger partial charge in [0, 0.05) is 42.4 Å². The minimum atomic E-state index is -0.162. The summed E-state index contributed by atoms with van der Waals surface area (Å²) in [5.41, 5.74) is 6.05. The van der Waals surface area contributed by atoms with Crippen molar-refractivity contribution in [3.8, 4) is 5.69 Å². The number of carbonyl (C=O) groups is 1. The van der Waals surface area contributed by atoms with Crippen LogP contribution in [0.3, 0.4) is 0 Å². The number of fused-ring (bicyclic) bond motifs is 1. The third-order valence-corrected chi connectivity index (χ3v) is 7.89. The van der Waals surface area contributed by atoms with E-state index in [1.807, 2.05) is 50.2 Å². The number of aryl methyl sites for hydroxylation is 2. The summed E-state index contributed by atoms with van der Waals surface area (Å²) in [5, 5.41) is 9.60. The molecule has 1 aliphatic heterocycles. The van der Waals surface area contributed by atoms with Gasteiger partial charge in [-0.15, -0.1) is 0 Å². The molecular weight excluding hydrogens is 514 g/mol. The fourth-order valence-electron chi connectivity index (χ4n) is 5.47. The van der Waals surface area contributed by atoms with Gasteiger partial charge in [-0.3, -0.25) is 9.78 Å². The standard InChI is InChI=1S/C33H31N5OS/c1-22-12-13-23(2)28(20-22)35-30(39)16-19-38-32(31(36-33(38)40)27-10-5-6-17-34-27)29-11-7-18-37(29)26-15-14-24-8-3-4-9-25(24)21-26/h3-15,17-18,20-21,31-32H,16,19H2,1-2H3,(H,35,39)(H,36,40)/t31-,32-/m0/s1. The first kappa shape index (κ1) is 25.8. The Bertz CT molecular complexity index is 1700. The van der Waals surface area contributed by atoms with Gasteiger partial charge in [0.05, 0.1) is 17.8 Å². The molecule has 3 heterocycles. The Morgan fingerprint density at radius 1 is 0.950 bits per heavy atom. The number of aromatic nitrogens is 2. The van der Waals surface area contributed by atoms with E-state index in [2.05, 4.69) is 85.9 Å². The van der Waals surface area contributed by atoms with Crippen LogP contribution in [0.2, 0.25) is 0 Å². The maximum Gasteiger partial charge on any atom is 0.226 e. The van der Waals surface area contributed by atoms with Crippen molar-refractivity contribution < 1.29 is 4.79 Å². The van der Waals surface area contributed by atoms with Gasteiger partial charge in [0.1, 0.15) is 0 Å². The fourth-order valence-corrected chi connectivity index (χ4v) is 5.80. The van der Waals surface area contributed by atoms with E-state index in [9.17, 15) is 4.79 Å². The largest absolute Gasteiger partial charge is 0.352 e. The summed E-state index contributed by atoms with van der Waals surface area (Å²) in [7, 11) is 0. The van der Waals surface area contributed by atoms with Crippen molar-refractivity contribution >= 4 is 39.7 Å². The molecule has 1 fully saturated rings. The third kappa shape index (κ3) is 5.08. The van der Waals surface area contributed by atoms with Crippen LogP contribution in [0.25, 0.3) is 16.5 Å². The second-order valence-corrected chi connectivity index (χ2v) is 10.7. The second kappa shape index (κ2) is 10.9. The Hall–Kier alpha value is -4.49. The number of anilines is 1. The van der Waals surface area contributed by atoms with Gasteiger partial charge in [-0.25, -0.2) is 0 Å². The summed E-state index contributed by atoms with van der Waals surface area (Å²) >= 11 is 5.86. The van der Waals surface area contributed by atoms with Crippen LogP contribution >= 0.6 is 12.2 Å². The van der Waals surface area contributed by atoms with Gasteiger partial charge in [0.25, 0.3) is 0 Å². The van der Waals surface area contributed by atoms with Crippen LogP contribution in [0.5, 0.6) is 0 Å². The molecule has 0 saturated carbocycles. The Morgan fingerprint density at radius 2 is 1.77 bits per heavy atom. The summed E-state index contributed by atoms with van der Waals surface area (Å²) in [5.74, 6) is -0.0403. The Labute approximate surface area is 239 Å². The van der Waals surface area contributed by atoms with E-state index in [1.165, 1.54) is 10.8 Å². The molecule has 0 bridgehead atoms. The van der Waals surface area contributed by atoms with Crippen LogP contribution in [0, 0.1) is 13.8 Å². The average molecular weight is 546 g/mol. The second-order valence-electron chi connectivity index (χ2n) is 10.3. The number of amides is 1. The lowest BCUT2D eigenvalue weighted by molar-refractivity contribution is -0.116. The lowest BCUT2D eigenvalue weighted by Crippen LogP contribution is -2.33. The molecule has 0 radical (unpaired) electrons. The van der Waals surface area contributed by atoms with E-state index >= 15 is 0 Å². The molecule has 2 N–H and O–H groups in total. The van der Waals surface area contributed by atoms with E-state index in [4.69, 9.17) is 12.2 Å². The first-order valence-corrected chi connectivity index (χ1v) is 13.9. The predicted octanol–water partition coefficient (Wildman–Crippen LogP) is 6.64. The summed E-state index contributed by atoms with van der Waals surface area (Å²) < 4.78 is 2.21. The fraction of sp³-hybridized carbons (Fsp3) is 0.182. The SMILES string of the molecule is Cc1ccc(C)c(NC(=O)CCN2C(=S)N[C@@H](c3ccccn3)[C@@H]2c2cccn2-c2ccc3ccccc3c2)c1. The van der Waals surface area contributed by atoms with E-state index in [0.717, 1.165) is 33.9 Å². The van der Waals surface area contributed by atoms with Crippen LogP contribution in [0.15, 0.2) is 103 Å². The highest BCUT2D eigenvalue weighted by Gasteiger charge is 2.41. The lowest BCUT2D eigenvalue weighted by Gasteiger charge is -2.29. The van der Waals surface area contributed by atoms with Crippen LogP contribution in [-0.4, -0.2) is 32.0 Å². The van der Waals surface area contributed by atoms with Crippen LogP contribution in [0.1, 0.15) is 41.0 Å². The lowest BCUT2D eigenvalue weighted by atomic mass is 10.0. The smallest absolute Gasteiger partial charge is 0.226 e. The minimum Gasteiger partial charge on any atom is -0.352 e. The van der Waals surface area contributed by atoms with E-state index in [1.54, 1.807) is 6.20 Å². The number of pyridine rings is 1. The van der Waals surface area contributed by atoms with Gasteiger partial charge in [-0.2, -0.15) is 0 Å². The molecule has 1 amide bonds. The summed E-state index contributed by atoms with van der Waals surface area (Å²) in [4.78, 5) is 19.9. The van der Waals surface area contributed by atoms with Crippen molar-refractivity contribution in [1.82, 2.24) is 19.8 Å². The van der Waals surface area contributed by atoms with Gasteiger partial charge in [-0.05, 0) is 90.4 Å². The molecule has 6 nitrogen and oxygen atoms in total. The highest BCUT2D eigenvalue weighted by molar-refractivity contribution is 7.80. The molecule has 200 valence electrons. The predicted molar refractivity (Wildman–Crippen MR) is 165 cm³/mol. The maximum absolute atomic E-state index is 13.1. The van der Waals surface area contributed by atoms with Crippen molar-refractivity contribution in [2.24, 2.45) is 0 Å². The Balaban J connectivity index is 1.32. The molecule has 2 atom stereocenters. The highest BCUT2D eigenvalue weighted by Crippen LogP contribution is 2.39. The zero-order valence-corrected chi connectivity index (χ0v) is 23.4. The first-order chi connectivity index (χ1) is 19.5. The van der Waals surface area contributed by atoms with Crippen molar-refractivity contribution in [1.29, 1.82) is 0 Å². The third-order valence-electron chi connectivity index (χ3n) is 7.54. The average Bonchev–Trinajstić information content (AvgIpc) is 3.58. The van der Waals surface area contributed by atoms with Gasteiger partial charge in [0.2, 0.25) is 5.91 Å². The molecule has 0 spiro atoms. The number of nitrogens with one attached hydrogen (secondary N) is 2. The van der Waals surface area contributed by atoms with Crippen LogP contribution in [0.4, 0.5) is 5.69 Å². The molecule has 0 unspecified atom stereocenters. The Kier molecular flexibility index (Phi) is 7.05. The summed E-state index contributed by atoms with van der Waals surface area (Å²) in [6.07, 6.45) is 4.19. The van der Waals surface area contributed by atoms with Gasteiger partial charge < -0.3 is 20.1 Å². The number of hydrogen-bond acceptors (Lipinski definition) is 3. The molecule has 5 aromatic rings. The van der Waals surface area contributed by atoms with Gasteiger partial charge >= 0.3 is 0 Å². The molecular formula is C33H31N5OS. The topological polar surface area (TPSA) is 62.2 Å². The normalized spacial score (nSPS) is 16.8. The number of thiocarbonyl (C=S) groups is 1. The monoisotopic (exact) mass is 545 g/mol. The van der Waals surface area contributed by atoms with Crippen molar-refractivity contribution in [3.63, 3.8) is 0 Å². The van der Waals surface area contributed by atoms with Crippen molar-refractivity contribution in [2.45, 2.75) is 32.4 Å². The molecule has 0 aliphatic carbocycles. The van der Waals surface area contributed by atoms with E-state index in [-0.39, 0.29) is 18.0 Å². The van der Waals surface area contributed by atoms with Gasteiger partial charge in [0.15, 0.2) is 5.11 Å². The zero-order valence-electron chi connectivity index (χ0n) is 22.5. The molecule has 6 rings (SSSR count). The van der Waals surface area contributed by atoms with E-state index in [0.29, 0.717) is 18.1 Å². The van der Waals surface area contributed by atoms with E-state index < -0.39 is 0 Å². The quantitative estimate of drug-likeness (QED) is 0.225. The number of benzene rings is 3. The van der Waals surface area contributed by atoms with Crippen LogP contribution in [-0.2, 0) is 4.79 Å². The molecule has 2 aromatic heterocycles. The van der Waals surface area contributed by atoms with Gasteiger partial charge in [-0.1, -0.05) is 48.5 Å². The van der Waals surface area contributed by atoms with Crippen LogP contribution < -0.4 is 10.6 Å². The maximum atomic E-state index is 13.1. The number of nitrogens with zero attached hydrogens (tertiary/aromatic N) is 3. The minimum absolute atomic E-state index is 0.0403. The van der Waals surface area contributed by atoms with Crippen molar-refractivity contribution in [2.75, 3.05) is 11.9 Å². The highest BCUT2D eigenvalue weighted by atomic mass is 32.1. The molecule has 40 heavy (non-hydrogen) atoms. The summed E-state index contributed by atoms with van der Waals surface area (Å²) in [6, 6.07) is 30.8. The molecule has 1 saturated heterocycles. The molecule has 1 aliphatic rings. The molecule has 7 heteroatoms. The number of rotatable bonds is 7. The first-order valence-electron chi connectivity index (χ1n) is 13.5. The van der Waals surface area contributed by atoms with Crippen molar-refractivity contribution in [3.05, 3.63) is 126 Å².